The molecule has 2 unspecified atom stereocenters. The van der Waals surface area contributed by atoms with E-state index in [4.69, 9.17) is 16.0 Å². The van der Waals surface area contributed by atoms with Crippen molar-refractivity contribution in [3.05, 3.63) is 113 Å². The van der Waals surface area contributed by atoms with Gasteiger partial charge in [0, 0.05) is 51.7 Å². The Morgan fingerprint density at radius 2 is 1.85 bits per heavy atom. The molecule has 2 atom stereocenters. The van der Waals surface area contributed by atoms with Crippen LogP contribution in [-0.2, 0) is 6.42 Å². The van der Waals surface area contributed by atoms with Gasteiger partial charge in [0.05, 0.1) is 20.1 Å². The molecule has 5 heterocycles. The molecule has 4 nitrogen and oxygen atoms in total. The highest BCUT2D eigenvalue weighted by molar-refractivity contribution is 6.89. The summed E-state index contributed by atoms with van der Waals surface area (Å²) in [6.45, 7) is 28.8. The molecule has 2 aliphatic heterocycles. The van der Waals surface area contributed by atoms with Crippen molar-refractivity contribution < 1.29 is 13.6 Å². The summed E-state index contributed by atoms with van der Waals surface area (Å²) in [4.78, 5) is 4.81. The molecule has 0 radical (unpaired) electrons. The summed E-state index contributed by atoms with van der Waals surface area (Å²) in [5.74, 6) is 0.813. The Kier molecular flexibility index (Phi) is 8.18. The van der Waals surface area contributed by atoms with Gasteiger partial charge in [0.25, 0.3) is 0 Å². The zero-order valence-corrected chi connectivity index (χ0v) is 31.2. The smallest absolute Gasteiger partial charge is 0.227 e. The van der Waals surface area contributed by atoms with E-state index in [9.17, 15) is 0 Å². The topological polar surface area (TPSA) is 32.9 Å². The summed E-state index contributed by atoms with van der Waals surface area (Å²) in [5, 5.41) is 3.80. The predicted octanol–water partition coefficient (Wildman–Crippen LogP) is 9.81. The first-order chi connectivity index (χ1) is 22.9. The van der Waals surface area contributed by atoms with Gasteiger partial charge in [-0.2, -0.15) is 9.14 Å². The highest BCUT2D eigenvalue weighted by Crippen LogP contribution is 2.45. The fraction of sp³-hybridized carbons (Fsp3) is 0.372. The first-order valence-corrected chi connectivity index (χ1v) is 21.4. The Morgan fingerprint density at radius 1 is 1.08 bits per heavy atom. The van der Waals surface area contributed by atoms with Gasteiger partial charge in [-0.3, -0.25) is 0 Å². The van der Waals surface area contributed by atoms with E-state index in [-0.39, 0.29) is 6.04 Å². The highest BCUT2D eigenvalue weighted by atomic mass is 28.3. The van der Waals surface area contributed by atoms with Crippen LogP contribution in [0.2, 0.25) is 19.6 Å². The third-order valence-electron chi connectivity index (χ3n) is 10.8. The van der Waals surface area contributed by atoms with Crippen molar-refractivity contribution in [2.45, 2.75) is 97.8 Å². The van der Waals surface area contributed by atoms with E-state index in [0.717, 1.165) is 71.2 Å². The lowest BCUT2D eigenvalue weighted by molar-refractivity contribution is -0.719. The number of hydrogen-bond donors (Lipinski definition) is 0. The van der Waals surface area contributed by atoms with Crippen LogP contribution in [0.3, 0.4) is 0 Å². The molecule has 246 valence electrons. The maximum atomic E-state index is 6.72. The number of fused-ring (bicyclic) bond motifs is 11. The Bertz CT molecular complexity index is 2160. The average molecular weight is 654 g/mol. The van der Waals surface area contributed by atoms with Crippen LogP contribution in [0.1, 0.15) is 91.4 Å². The van der Waals surface area contributed by atoms with Crippen LogP contribution in [0.4, 0.5) is 0 Å². The van der Waals surface area contributed by atoms with E-state index in [1.54, 1.807) is 5.19 Å². The normalized spacial score (nSPS) is 18.1. The van der Waals surface area contributed by atoms with Crippen molar-refractivity contribution in [1.29, 1.82) is 0 Å². The maximum Gasteiger partial charge on any atom is 0.227 e. The lowest BCUT2D eigenvalue weighted by Gasteiger charge is -2.33. The fourth-order valence-corrected chi connectivity index (χ4v) is 10.3. The SMILES string of the molecule is C=CC1=[N+](CCC)C(=C)CC2C(CCc3cc(C)c4c(oc5nc(C)ccc54)c31)c1ccccc1-c1cc(C(C)C)c([Si](C)(C)C)c[n+]12. The number of aryl methyl sites for hydroxylation is 3. The third kappa shape index (κ3) is 5.22. The molecule has 5 aromatic rings. The maximum absolute atomic E-state index is 6.72. The molecule has 0 saturated carbocycles. The molecular formula is C43H51N3OSi+2. The summed E-state index contributed by atoms with van der Waals surface area (Å²) in [7, 11) is -1.63. The van der Waals surface area contributed by atoms with E-state index in [1.165, 1.54) is 33.5 Å². The van der Waals surface area contributed by atoms with E-state index in [2.05, 4.69) is 118 Å². The Balaban J connectivity index is 1.51. The molecule has 7 rings (SSSR count). The van der Waals surface area contributed by atoms with Gasteiger partial charge in [-0.05, 0) is 79.6 Å². The van der Waals surface area contributed by atoms with Gasteiger partial charge in [-0.25, -0.2) is 4.98 Å². The number of aromatic nitrogens is 2. The Hall–Kier alpha value is -4.09. The van der Waals surface area contributed by atoms with Crippen LogP contribution < -0.4 is 9.75 Å². The molecular weight excluding hydrogens is 603 g/mol. The molecule has 0 saturated heterocycles. The van der Waals surface area contributed by atoms with Crippen LogP contribution in [0.25, 0.3) is 33.3 Å². The summed E-state index contributed by atoms with van der Waals surface area (Å²) in [5.41, 5.74) is 14.2. The standard InChI is InChI=1S/C43H51N3OSi/c1-11-21-45-29(7)23-37-33(31-15-13-14-16-32(31)38-24-35(26(3)4)39(25-46(37)38)48(8,9)10)20-18-30-22-27(5)40-34-19-17-28(6)44-43(34)47-42(40)41(30)36(45)12-2/h12-17,19,22,24-26,33,37H,2,7,11,18,20-21,23H2,1,3-6,8-10H3/q+2. The fourth-order valence-electron chi connectivity index (χ4n) is 8.57. The molecule has 48 heavy (non-hydrogen) atoms. The molecule has 2 aromatic carbocycles. The summed E-state index contributed by atoms with van der Waals surface area (Å²) >= 11 is 0. The number of allylic oxidation sites excluding steroid dienone is 2. The summed E-state index contributed by atoms with van der Waals surface area (Å²) in [6, 6.07) is 18.6. The van der Waals surface area contributed by atoms with Crippen LogP contribution in [0.5, 0.6) is 0 Å². The largest absolute Gasteiger partial charge is 0.437 e. The number of nitrogens with zero attached hydrogens (tertiary/aromatic N) is 3. The van der Waals surface area contributed by atoms with Crippen molar-refractivity contribution in [2.75, 3.05) is 6.54 Å². The predicted molar refractivity (Wildman–Crippen MR) is 204 cm³/mol. The minimum Gasteiger partial charge on any atom is -0.437 e. The van der Waals surface area contributed by atoms with Gasteiger partial charge < -0.3 is 4.42 Å². The zero-order valence-electron chi connectivity index (χ0n) is 30.2. The molecule has 0 spiro atoms. The Morgan fingerprint density at radius 3 is 2.56 bits per heavy atom. The summed E-state index contributed by atoms with van der Waals surface area (Å²) < 4.78 is 11.8. The van der Waals surface area contributed by atoms with E-state index in [0.29, 0.717) is 17.5 Å². The second-order valence-electron chi connectivity index (χ2n) is 15.5. The monoisotopic (exact) mass is 653 g/mol. The van der Waals surface area contributed by atoms with Crippen molar-refractivity contribution in [2.24, 2.45) is 0 Å². The molecule has 0 N–H and O–H groups in total. The van der Waals surface area contributed by atoms with Gasteiger partial charge in [0.2, 0.25) is 17.1 Å². The van der Waals surface area contributed by atoms with E-state index >= 15 is 0 Å². The number of hydrogen-bond acceptors (Lipinski definition) is 2. The lowest BCUT2D eigenvalue weighted by Crippen LogP contribution is -2.54. The van der Waals surface area contributed by atoms with Gasteiger partial charge in [-0.1, -0.05) is 71.3 Å². The van der Waals surface area contributed by atoms with Crippen LogP contribution >= 0.6 is 0 Å². The van der Waals surface area contributed by atoms with Gasteiger partial charge >= 0.3 is 0 Å². The molecule has 5 heteroatoms. The van der Waals surface area contributed by atoms with Crippen LogP contribution in [0.15, 0.2) is 84.1 Å². The first kappa shape index (κ1) is 32.5. The second-order valence-corrected chi connectivity index (χ2v) is 20.5. The second kappa shape index (κ2) is 12.1. The molecule has 0 bridgehead atoms. The van der Waals surface area contributed by atoms with Gasteiger partial charge in [0.1, 0.15) is 6.54 Å². The average Bonchev–Trinajstić information content (AvgIpc) is 3.42. The zero-order chi connectivity index (χ0) is 34.1. The van der Waals surface area contributed by atoms with Gasteiger partial charge in [0.15, 0.2) is 23.5 Å². The molecule has 0 fully saturated rings. The summed E-state index contributed by atoms with van der Waals surface area (Å²) in [6.07, 6.45) is 8.44. The third-order valence-corrected chi connectivity index (χ3v) is 12.8. The minimum absolute atomic E-state index is 0.258. The first-order valence-electron chi connectivity index (χ1n) is 17.9. The minimum atomic E-state index is -1.63. The number of furan rings is 1. The molecule has 0 aliphatic carbocycles. The van der Waals surface area contributed by atoms with Crippen molar-refractivity contribution in [1.82, 2.24) is 4.98 Å². The molecule has 2 aliphatic rings. The van der Waals surface area contributed by atoms with Crippen LogP contribution in [-0.4, -0.2) is 29.9 Å². The molecule has 0 amide bonds. The lowest BCUT2D eigenvalue weighted by atomic mass is 9.77. The Labute approximate surface area is 287 Å². The highest BCUT2D eigenvalue weighted by Gasteiger charge is 2.44. The van der Waals surface area contributed by atoms with Gasteiger partial charge in [-0.15, -0.1) is 0 Å². The number of rotatable bonds is 5. The number of pyridine rings is 2. The quantitative estimate of drug-likeness (QED) is 0.140. The van der Waals surface area contributed by atoms with Crippen molar-refractivity contribution >= 4 is 41.0 Å². The van der Waals surface area contributed by atoms with E-state index in [1.807, 2.05) is 13.0 Å². The van der Waals surface area contributed by atoms with Crippen LogP contribution in [0, 0.1) is 13.8 Å². The van der Waals surface area contributed by atoms with Crippen molar-refractivity contribution in [3.8, 4) is 11.3 Å². The van der Waals surface area contributed by atoms with E-state index < -0.39 is 8.07 Å². The number of benzene rings is 2. The molecule has 3 aromatic heterocycles. The van der Waals surface area contributed by atoms with Crippen molar-refractivity contribution in [3.63, 3.8) is 0 Å².